The Morgan fingerprint density at radius 2 is 1.79 bits per heavy atom. The van der Waals surface area contributed by atoms with Crippen molar-refractivity contribution in [1.82, 2.24) is 25.3 Å². The number of nitrogens with zero attached hydrogens (tertiary/aromatic N) is 3. The normalized spacial score (nSPS) is 19.4. The number of rotatable bonds is 10. The van der Waals surface area contributed by atoms with Crippen molar-refractivity contribution < 1.29 is 9.59 Å². The first kappa shape index (κ1) is 26.5. The third-order valence-electron chi connectivity index (χ3n) is 8.48. The lowest BCUT2D eigenvalue weighted by molar-refractivity contribution is -0.122. The fourth-order valence-corrected chi connectivity index (χ4v) is 6.04. The fourth-order valence-electron chi connectivity index (χ4n) is 6.04. The predicted molar refractivity (Wildman–Crippen MR) is 150 cm³/mol. The number of amides is 2. The minimum absolute atomic E-state index is 0.0266. The van der Waals surface area contributed by atoms with Crippen LogP contribution in [0.2, 0.25) is 0 Å². The van der Waals surface area contributed by atoms with Gasteiger partial charge in [0, 0.05) is 36.2 Å². The minimum Gasteiger partial charge on any atom is -0.353 e. The van der Waals surface area contributed by atoms with Crippen LogP contribution >= 0.6 is 0 Å². The molecule has 2 aromatic rings. The van der Waals surface area contributed by atoms with Crippen molar-refractivity contribution in [3.63, 3.8) is 0 Å². The summed E-state index contributed by atoms with van der Waals surface area (Å²) in [4.78, 5) is 28.8. The van der Waals surface area contributed by atoms with Crippen LogP contribution in [-0.4, -0.2) is 58.2 Å². The van der Waals surface area contributed by atoms with Gasteiger partial charge in [-0.1, -0.05) is 43.4 Å². The Balaban J connectivity index is 1.34. The summed E-state index contributed by atoms with van der Waals surface area (Å²) in [5.74, 6) is 2.59. The average molecular weight is 516 g/mol. The van der Waals surface area contributed by atoms with E-state index in [0.29, 0.717) is 18.2 Å². The number of hydrogen-bond acceptors (Lipinski definition) is 4. The summed E-state index contributed by atoms with van der Waals surface area (Å²) in [6, 6.07) is 10.0. The van der Waals surface area contributed by atoms with Crippen LogP contribution in [0.3, 0.4) is 0 Å². The maximum Gasteiger partial charge on any atom is 0.272 e. The number of likely N-dealkylation sites (tertiary alicyclic amines) is 1. The lowest BCUT2D eigenvalue weighted by atomic mass is 9.93. The molecule has 0 bridgehead atoms. The number of benzene rings is 1. The maximum absolute atomic E-state index is 13.6. The van der Waals surface area contributed by atoms with Gasteiger partial charge in [-0.05, 0) is 76.6 Å². The Bertz CT molecular complexity index is 1150. The van der Waals surface area contributed by atoms with Gasteiger partial charge < -0.3 is 15.5 Å². The SMILES string of the molecule is C#Cc1ccccc1-c1cc(C(=O)NC(CCN2CCCCC2)CC(=O)NC2CCC2)nn1C1CCCC1. The van der Waals surface area contributed by atoms with E-state index in [1.54, 1.807) is 0 Å². The maximum atomic E-state index is 13.6. The van der Waals surface area contributed by atoms with Gasteiger partial charge in [-0.2, -0.15) is 5.10 Å². The summed E-state index contributed by atoms with van der Waals surface area (Å²) >= 11 is 0. The molecular formula is C31H41N5O2. The van der Waals surface area contributed by atoms with Crippen molar-refractivity contribution in [2.45, 2.75) is 95.2 Å². The Labute approximate surface area is 226 Å². The lowest BCUT2D eigenvalue weighted by Gasteiger charge is -2.29. The quantitative estimate of drug-likeness (QED) is 0.451. The molecule has 7 nitrogen and oxygen atoms in total. The highest BCUT2D eigenvalue weighted by Gasteiger charge is 2.27. The van der Waals surface area contributed by atoms with E-state index in [9.17, 15) is 9.59 Å². The zero-order valence-electron chi connectivity index (χ0n) is 22.5. The third-order valence-corrected chi connectivity index (χ3v) is 8.48. The van der Waals surface area contributed by atoms with Gasteiger partial charge in [-0.3, -0.25) is 14.3 Å². The van der Waals surface area contributed by atoms with Crippen LogP contribution in [0.15, 0.2) is 30.3 Å². The summed E-state index contributed by atoms with van der Waals surface area (Å²) in [6.45, 7) is 3.08. The second-order valence-electron chi connectivity index (χ2n) is 11.2. The highest BCUT2D eigenvalue weighted by Crippen LogP contribution is 2.34. The summed E-state index contributed by atoms with van der Waals surface area (Å²) in [5.41, 5.74) is 3.00. The molecule has 2 N–H and O–H groups in total. The highest BCUT2D eigenvalue weighted by molar-refractivity contribution is 5.94. The van der Waals surface area contributed by atoms with Crippen LogP contribution in [0, 0.1) is 12.3 Å². The molecule has 7 heteroatoms. The molecule has 202 valence electrons. The van der Waals surface area contributed by atoms with Crippen molar-refractivity contribution in [3.05, 3.63) is 41.6 Å². The third kappa shape index (κ3) is 6.47. The van der Waals surface area contributed by atoms with Crippen LogP contribution in [0.1, 0.15) is 99.1 Å². The summed E-state index contributed by atoms with van der Waals surface area (Å²) in [7, 11) is 0. The summed E-state index contributed by atoms with van der Waals surface area (Å²) < 4.78 is 2.02. The molecule has 1 saturated heterocycles. The molecule has 2 saturated carbocycles. The topological polar surface area (TPSA) is 79.3 Å². The Kier molecular flexibility index (Phi) is 8.80. The first-order valence-corrected chi connectivity index (χ1v) is 14.6. The first-order valence-electron chi connectivity index (χ1n) is 14.6. The number of hydrogen-bond donors (Lipinski definition) is 2. The molecule has 2 aliphatic carbocycles. The van der Waals surface area contributed by atoms with E-state index in [1.165, 1.54) is 25.7 Å². The van der Waals surface area contributed by atoms with Crippen LogP contribution in [0.25, 0.3) is 11.3 Å². The van der Waals surface area contributed by atoms with E-state index >= 15 is 0 Å². The van der Waals surface area contributed by atoms with Crippen molar-refractivity contribution in [3.8, 4) is 23.6 Å². The van der Waals surface area contributed by atoms with Crippen LogP contribution in [0.4, 0.5) is 0 Å². The van der Waals surface area contributed by atoms with Crippen molar-refractivity contribution in [1.29, 1.82) is 0 Å². The van der Waals surface area contributed by atoms with Crippen molar-refractivity contribution >= 4 is 11.8 Å². The number of aromatic nitrogens is 2. The van der Waals surface area contributed by atoms with Gasteiger partial charge in [0.15, 0.2) is 5.69 Å². The van der Waals surface area contributed by atoms with Gasteiger partial charge in [-0.25, -0.2) is 0 Å². The summed E-state index contributed by atoms with van der Waals surface area (Å²) in [6.07, 6.45) is 18.3. The second kappa shape index (κ2) is 12.6. The average Bonchev–Trinajstić information content (AvgIpc) is 3.60. The van der Waals surface area contributed by atoms with E-state index in [-0.39, 0.29) is 23.9 Å². The molecule has 1 aliphatic heterocycles. The van der Waals surface area contributed by atoms with Gasteiger partial charge in [-0.15, -0.1) is 6.42 Å². The smallest absolute Gasteiger partial charge is 0.272 e. The molecule has 1 unspecified atom stereocenters. The highest BCUT2D eigenvalue weighted by atomic mass is 16.2. The van der Waals surface area contributed by atoms with Gasteiger partial charge in [0.25, 0.3) is 5.91 Å². The molecule has 2 heterocycles. The molecule has 5 rings (SSSR count). The van der Waals surface area contributed by atoms with E-state index in [2.05, 4.69) is 21.5 Å². The molecule has 3 aliphatic rings. The van der Waals surface area contributed by atoms with Crippen molar-refractivity contribution in [2.24, 2.45) is 0 Å². The number of carbonyl (C=O) groups excluding carboxylic acids is 2. The number of piperidine rings is 1. The van der Waals surface area contributed by atoms with E-state index in [0.717, 1.165) is 81.4 Å². The minimum atomic E-state index is -0.234. The largest absolute Gasteiger partial charge is 0.353 e. The zero-order valence-corrected chi connectivity index (χ0v) is 22.5. The first-order chi connectivity index (χ1) is 18.6. The lowest BCUT2D eigenvalue weighted by Crippen LogP contribution is -2.45. The van der Waals surface area contributed by atoms with E-state index < -0.39 is 0 Å². The molecule has 1 aromatic carbocycles. The molecule has 0 radical (unpaired) electrons. The molecule has 2 amide bonds. The monoisotopic (exact) mass is 515 g/mol. The standard InChI is InChI=1S/C31H41N5O2/c1-2-23-11-4-7-16-27(23)29-22-28(34-36(29)26-14-5-6-15-26)31(38)33-25(17-20-35-18-8-3-9-19-35)21-30(37)32-24-12-10-13-24/h1,4,7,11,16,22,24-26H,3,5-6,8-10,12-15,17-21H2,(H,32,37)(H,33,38). The van der Waals surface area contributed by atoms with Gasteiger partial charge in [0.1, 0.15) is 0 Å². The molecular weight excluding hydrogens is 474 g/mol. The fraction of sp³-hybridized carbons (Fsp3) is 0.581. The van der Waals surface area contributed by atoms with E-state index in [4.69, 9.17) is 11.5 Å². The van der Waals surface area contributed by atoms with Gasteiger partial charge in [0.05, 0.1) is 11.7 Å². The van der Waals surface area contributed by atoms with Gasteiger partial charge in [0.2, 0.25) is 5.91 Å². The molecule has 1 aromatic heterocycles. The number of terminal acetylenes is 1. The predicted octanol–water partition coefficient (Wildman–Crippen LogP) is 4.68. The van der Waals surface area contributed by atoms with Gasteiger partial charge >= 0.3 is 0 Å². The number of nitrogens with one attached hydrogen (secondary N) is 2. The summed E-state index contributed by atoms with van der Waals surface area (Å²) in [5, 5.41) is 11.1. The molecule has 38 heavy (non-hydrogen) atoms. The Morgan fingerprint density at radius 3 is 2.50 bits per heavy atom. The second-order valence-corrected chi connectivity index (χ2v) is 11.2. The zero-order chi connectivity index (χ0) is 26.3. The van der Waals surface area contributed by atoms with E-state index in [1.807, 2.05) is 35.0 Å². The molecule has 3 fully saturated rings. The van der Waals surface area contributed by atoms with Crippen LogP contribution < -0.4 is 10.6 Å². The number of carbonyl (C=O) groups is 2. The molecule has 1 atom stereocenters. The van der Waals surface area contributed by atoms with Crippen molar-refractivity contribution in [2.75, 3.05) is 19.6 Å². The van der Waals surface area contributed by atoms with Crippen LogP contribution in [0.5, 0.6) is 0 Å². The Morgan fingerprint density at radius 1 is 1.03 bits per heavy atom. The van der Waals surface area contributed by atoms with Crippen LogP contribution in [-0.2, 0) is 4.79 Å². The Hall–Kier alpha value is -3.11. The molecule has 0 spiro atoms.